The molecule has 4 heteroatoms. The maximum Gasteiger partial charge on any atom is 0.337 e. The van der Waals surface area contributed by atoms with Gasteiger partial charge in [-0.15, -0.1) is 0 Å². The maximum atomic E-state index is 11.4. The molecule has 1 saturated carbocycles. The van der Waals surface area contributed by atoms with E-state index in [2.05, 4.69) is 4.90 Å². The molecule has 0 atom stereocenters. The Balaban J connectivity index is 1.66. The molecular formula is C17H19NO3. The molecular weight excluding hydrogens is 266 g/mol. The lowest BCUT2D eigenvalue weighted by molar-refractivity contribution is 0.0600. The first-order valence-corrected chi connectivity index (χ1v) is 7.20. The third kappa shape index (κ3) is 3.52. The van der Waals surface area contributed by atoms with Crippen molar-refractivity contribution in [3.63, 3.8) is 0 Å². The molecule has 1 fully saturated rings. The van der Waals surface area contributed by atoms with Crippen LogP contribution in [0.3, 0.4) is 0 Å². The first kappa shape index (κ1) is 13.9. The van der Waals surface area contributed by atoms with Crippen LogP contribution in [-0.4, -0.2) is 24.0 Å². The van der Waals surface area contributed by atoms with E-state index in [0.717, 1.165) is 18.8 Å². The van der Waals surface area contributed by atoms with Crippen LogP contribution in [0, 0.1) is 0 Å². The molecule has 0 unspecified atom stereocenters. The van der Waals surface area contributed by atoms with Gasteiger partial charge in [0.05, 0.1) is 25.5 Å². The van der Waals surface area contributed by atoms with E-state index in [1.165, 1.54) is 25.5 Å². The molecule has 1 aliphatic carbocycles. The molecule has 0 radical (unpaired) electrons. The van der Waals surface area contributed by atoms with Gasteiger partial charge in [-0.2, -0.15) is 0 Å². The quantitative estimate of drug-likeness (QED) is 0.764. The SMILES string of the molecule is COC(=O)c1ccc(CN(Cc2ccco2)C2CC2)cc1. The van der Waals surface area contributed by atoms with Crippen molar-refractivity contribution >= 4 is 5.97 Å². The molecule has 110 valence electrons. The molecule has 3 rings (SSSR count). The van der Waals surface area contributed by atoms with Crippen molar-refractivity contribution < 1.29 is 13.9 Å². The zero-order valence-corrected chi connectivity index (χ0v) is 12.1. The van der Waals surface area contributed by atoms with Crippen LogP contribution in [0.5, 0.6) is 0 Å². The number of hydrogen-bond donors (Lipinski definition) is 0. The third-order valence-corrected chi connectivity index (χ3v) is 3.76. The fourth-order valence-corrected chi connectivity index (χ4v) is 2.46. The Labute approximate surface area is 124 Å². The average Bonchev–Trinajstić information content (AvgIpc) is 3.24. The van der Waals surface area contributed by atoms with Crippen molar-refractivity contribution in [1.82, 2.24) is 4.90 Å². The summed E-state index contributed by atoms with van der Waals surface area (Å²) in [6.45, 7) is 1.70. The van der Waals surface area contributed by atoms with Crippen molar-refractivity contribution in [1.29, 1.82) is 0 Å². The smallest absolute Gasteiger partial charge is 0.337 e. The van der Waals surface area contributed by atoms with E-state index in [-0.39, 0.29) is 5.97 Å². The lowest BCUT2D eigenvalue weighted by Gasteiger charge is -2.20. The minimum Gasteiger partial charge on any atom is -0.468 e. The molecule has 1 aliphatic rings. The van der Waals surface area contributed by atoms with Crippen LogP contribution in [0.2, 0.25) is 0 Å². The normalized spacial score (nSPS) is 14.4. The predicted octanol–water partition coefficient (Wildman–Crippen LogP) is 3.23. The highest BCUT2D eigenvalue weighted by atomic mass is 16.5. The number of carbonyl (C=O) groups is 1. The second kappa shape index (κ2) is 6.14. The van der Waals surface area contributed by atoms with E-state index in [0.29, 0.717) is 11.6 Å². The molecule has 1 aromatic carbocycles. The Hall–Kier alpha value is -2.07. The Morgan fingerprint density at radius 2 is 2.00 bits per heavy atom. The number of methoxy groups -OCH3 is 1. The van der Waals surface area contributed by atoms with E-state index in [1.807, 2.05) is 36.4 Å². The minimum atomic E-state index is -0.295. The molecule has 0 N–H and O–H groups in total. The standard InChI is InChI=1S/C17H19NO3/c1-20-17(19)14-6-4-13(5-7-14)11-18(15-8-9-15)12-16-3-2-10-21-16/h2-7,10,15H,8-9,11-12H2,1H3. The zero-order valence-electron chi connectivity index (χ0n) is 12.1. The predicted molar refractivity (Wildman–Crippen MR) is 78.8 cm³/mol. The summed E-state index contributed by atoms with van der Waals surface area (Å²) in [6.07, 6.45) is 4.22. The average molecular weight is 285 g/mol. The molecule has 0 amide bonds. The number of furan rings is 1. The number of hydrogen-bond acceptors (Lipinski definition) is 4. The highest BCUT2D eigenvalue weighted by molar-refractivity contribution is 5.89. The maximum absolute atomic E-state index is 11.4. The van der Waals surface area contributed by atoms with Crippen LogP contribution >= 0.6 is 0 Å². The van der Waals surface area contributed by atoms with E-state index in [9.17, 15) is 4.79 Å². The van der Waals surface area contributed by atoms with Gasteiger partial charge in [-0.1, -0.05) is 12.1 Å². The van der Waals surface area contributed by atoms with Gasteiger partial charge < -0.3 is 9.15 Å². The summed E-state index contributed by atoms with van der Waals surface area (Å²) in [5, 5.41) is 0. The van der Waals surface area contributed by atoms with Crippen molar-refractivity contribution in [3.05, 3.63) is 59.5 Å². The Morgan fingerprint density at radius 3 is 2.57 bits per heavy atom. The van der Waals surface area contributed by atoms with Gasteiger partial charge in [0, 0.05) is 12.6 Å². The van der Waals surface area contributed by atoms with E-state index >= 15 is 0 Å². The Morgan fingerprint density at radius 1 is 1.24 bits per heavy atom. The molecule has 2 aromatic rings. The number of esters is 1. The lowest BCUT2D eigenvalue weighted by Crippen LogP contribution is -2.24. The second-order valence-electron chi connectivity index (χ2n) is 5.40. The highest BCUT2D eigenvalue weighted by Crippen LogP contribution is 2.30. The number of nitrogens with zero attached hydrogens (tertiary/aromatic N) is 1. The molecule has 0 spiro atoms. The number of ether oxygens (including phenoxy) is 1. The van der Waals surface area contributed by atoms with Crippen molar-refractivity contribution in [2.24, 2.45) is 0 Å². The third-order valence-electron chi connectivity index (χ3n) is 3.76. The Kier molecular flexibility index (Phi) is 4.06. The monoisotopic (exact) mass is 285 g/mol. The summed E-state index contributed by atoms with van der Waals surface area (Å²) in [7, 11) is 1.40. The topological polar surface area (TPSA) is 42.7 Å². The molecule has 4 nitrogen and oxygen atoms in total. The molecule has 21 heavy (non-hydrogen) atoms. The van der Waals surface area contributed by atoms with E-state index in [4.69, 9.17) is 9.15 Å². The summed E-state index contributed by atoms with van der Waals surface area (Å²) < 4.78 is 10.2. The minimum absolute atomic E-state index is 0.295. The van der Waals surface area contributed by atoms with Gasteiger partial charge in [-0.25, -0.2) is 4.79 Å². The van der Waals surface area contributed by atoms with Gasteiger partial charge in [0.2, 0.25) is 0 Å². The van der Waals surface area contributed by atoms with Gasteiger partial charge in [0.25, 0.3) is 0 Å². The highest BCUT2D eigenvalue weighted by Gasteiger charge is 2.29. The molecule has 0 aliphatic heterocycles. The summed E-state index contributed by atoms with van der Waals surface area (Å²) in [5.74, 6) is 0.698. The van der Waals surface area contributed by atoms with Crippen molar-refractivity contribution in [2.45, 2.75) is 32.0 Å². The van der Waals surface area contributed by atoms with Gasteiger partial charge in [-0.05, 0) is 42.7 Å². The zero-order chi connectivity index (χ0) is 14.7. The Bertz CT molecular complexity index is 585. The molecule has 1 aromatic heterocycles. The van der Waals surface area contributed by atoms with Crippen molar-refractivity contribution in [2.75, 3.05) is 7.11 Å². The van der Waals surface area contributed by atoms with Crippen LogP contribution in [0.25, 0.3) is 0 Å². The van der Waals surface area contributed by atoms with E-state index in [1.54, 1.807) is 6.26 Å². The first-order chi connectivity index (χ1) is 10.3. The van der Waals surface area contributed by atoms with Crippen LogP contribution in [0.1, 0.15) is 34.5 Å². The molecule has 1 heterocycles. The molecule has 0 bridgehead atoms. The number of carbonyl (C=O) groups excluding carboxylic acids is 1. The molecule has 0 saturated heterocycles. The first-order valence-electron chi connectivity index (χ1n) is 7.20. The summed E-state index contributed by atoms with van der Waals surface area (Å²) >= 11 is 0. The van der Waals surface area contributed by atoms with Gasteiger partial charge in [0.15, 0.2) is 0 Å². The lowest BCUT2D eigenvalue weighted by atomic mass is 10.1. The van der Waals surface area contributed by atoms with Crippen LogP contribution in [0.15, 0.2) is 47.1 Å². The van der Waals surface area contributed by atoms with Gasteiger partial charge in [-0.3, -0.25) is 4.90 Å². The largest absolute Gasteiger partial charge is 0.468 e. The van der Waals surface area contributed by atoms with Crippen LogP contribution in [-0.2, 0) is 17.8 Å². The summed E-state index contributed by atoms with van der Waals surface area (Å²) in [4.78, 5) is 13.9. The number of rotatable bonds is 6. The van der Waals surface area contributed by atoms with E-state index < -0.39 is 0 Å². The van der Waals surface area contributed by atoms with Crippen LogP contribution < -0.4 is 0 Å². The fourth-order valence-electron chi connectivity index (χ4n) is 2.46. The van der Waals surface area contributed by atoms with Gasteiger partial charge >= 0.3 is 5.97 Å². The second-order valence-corrected chi connectivity index (χ2v) is 5.40. The summed E-state index contributed by atoms with van der Waals surface area (Å²) in [6, 6.07) is 12.2. The number of benzene rings is 1. The van der Waals surface area contributed by atoms with Gasteiger partial charge in [0.1, 0.15) is 5.76 Å². The fraction of sp³-hybridized carbons (Fsp3) is 0.353. The van der Waals surface area contributed by atoms with Crippen molar-refractivity contribution in [3.8, 4) is 0 Å². The summed E-state index contributed by atoms with van der Waals surface area (Å²) in [5.41, 5.74) is 1.78. The van der Waals surface area contributed by atoms with Crippen LogP contribution in [0.4, 0.5) is 0 Å².